The molecule has 0 amide bonds. The largest absolute Gasteiger partial charge is 0.455 e. The summed E-state index contributed by atoms with van der Waals surface area (Å²) in [6, 6.07) is 56.0. The molecule has 214 valence electrons. The van der Waals surface area contributed by atoms with Gasteiger partial charge in [-0.1, -0.05) is 133 Å². The molecule has 10 rings (SSSR count). The van der Waals surface area contributed by atoms with Crippen molar-refractivity contribution in [3.63, 3.8) is 0 Å². The Morgan fingerprint density at radius 2 is 0.870 bits per heavy atom. The number of rotatable bonds is 3. The van der Waals surface area contributed by atoms with Crippen molar-refractivity contribution in [2.45, 2.75) is 0 Å². The Balaban J connectivity index is 1.29. The molecule has 2 aromatic heterocycles. The van der Waals surface area contributed by atoms with Gasteiger partial charge in [-0.15, -0.1) is 0 Å². The van der Waals surface area contributed by atoms with Gasteiger partial charge in [-0.3, -0.25) is 0 Å². The van der Waals surface area contributed by atoms with Crippen molar-refractivity contribution in [1.29, 1.82) is 0 Å². The summed E-state index contributed by atoms with van der Waals surface area (Å²) in [5.41, 5.74) is 10.6. The summed E-state index contributed by atoms with van der Waals surface area (Å²) >= 11 is 0. The Morgan fingerprint density at radius 1 is 0.304 bits per heavy atom. The quantitative estimate of drug-likeness (QED) is 0.193. The van der Waals surface area contributed by atoms with Gasteiger partial charge >= 0.3 is 0 Å². The zero-order chi connectivity index (χ0) is 30.2. The van der Waals surface area contributed by atoms with Gasteiger partial charge in [0.05, 0.1) is 5.39 Å². The zero-order valence-corrected chi connectivity index (χ0v) is 24.8. The van der Waals surface area contributed by atoms with Gasteiger partial charge in [-0.25, -0.2) is 0 Å². The van der Waals surface area contributed by atoms with Crippen LogP contribution in [0.3, 0.4) is 0 Å². The molecule has 8 aromatic carbocycles. The lowest BCUT2D eigenvalue weighted by Crippen LogP contribution is -1.91. The Morgan fingerprint density at radius 3 is 1.63 bits per heavy atom. The van der Waals surface area contributed by atoms with Crippen LogP contribution in [0.5, 0.6) is 0 Å². The lowest BCUT2D eigenvalue weighted by Gasteiger charge is -2.18. The lowest BCUT2D eigenvalue weighted by molar-refractivity contribution is 0.663. The fourth-order valence-electron chi connectivity index (χ4n) is 7.48. The van der Waals surface area contributed by atoms with Gasteiger partial charge in [-0.05, 0) is 68.1 Å². The van der Waals surface area contributed by atoms with Gasteiger partial charge in [0, 0.05) is 27.3 Å². The Kier molecular flexibility index (Phi) is 5.31. The molecule has 0 saturated heterocycles. The average molecular weight is 587 g/mol. The molecule has 0 unspecified atom stereocenters. The van der Waals surface area contributed by atoms with E-state index >= 15 is 0 Å². The van der Waals surface area contributed by atoms with Gasteiger partial charge in [-0.2, -0.15) is 0 Å². The Hall–Kier alpha value is -6.12. The minimum atomic E-state index is 0.831. The van der Waals surface area contributed by atoms with Crippen LogP contribution in [-0.4, -0.2) is 0 Å². The van der Waals surface area contributed by atoms with Crippen LogP contribution in [0.15, 0.2) is 167 Å². The monoisotopic (exact) mass is 586 g/mol. The fraction of sp³-hybridized carbons (Fsp3) is 0. The second-order valence-electron chi connectivity index (χ2n) is 12.0. The highest BCUT2D eigenvalue weighted by Crippen LogP contribution is 2.48. The molecule has 2 heteroatoms. The predicted molar refractivity (Wildman–Crippen MR) is 192 cm³/mol. The number of hydrogen-bond donors (Lipinski definition) is 0. The van der Waals surface area contributed by atoms with Crippen molar-refractivity contribution >= 4 is 65.4 Å². The Bertz CT molecular complexity index is 2740. The first-order valence-corrected chi connectivity index (χ1v) is 15.7. The minimum absolute atomic E-state index is 0.831. The van der Waals surface area contributed by atoms with Gasteiger partial charge in [0.15, 0.2) is 0 Å². The summed E-state index contributed by atoms with van der Waals surface area (Å²) in [7, 11) is 0. The zero-order valence-electron chi connectivity index (χ0n) is 24.8. The molecule has 0 saturated carbocycles. The molecule has 0 fully saturated rings. The minimum Gasteiger partial charge on any atom is -0.455 e. The summed E-state index contributed by atoms with van der Waals surface area (Å²) in [6.45, 7) is 0. The molecule has 0 aliphatic rings. The summed E-state index contributed by atoms with van der Waals surface area (Å²) in [4.78, 5) is 0. The van der Waals surface area contributed by atoms with E-state index in [0.717, 1.165) is 49.4 Å². The highest BCUT2D eigenvalue weighted by molar-refractivity contribution is 6.27. The van der Waals surface area contributed by atoms with Crippen LogP contribution in [0.2, 0.25) is 0 Å². The van der Waals surface area contributed by atoms with Crippen LogP contribution >= 0.6 is 0 Å². The van der Waals surface area contributed by atoms with Crippen LogP contribution in [0.1, 0.15) is 0 Å². The number of fused-ring (bicyclic) bond motifs is 9. The second-order valence-corrected chi connectivity index (χ2v) is 12.0. The summed E-state index contributed by atoms with van der Waals surface area (Å²) in [5, 5.41) is 9.14. The first-order valence-electron chi connectivity index (χ1n) is 15.7. The molecule has 0 aliphatic heterocycles. The van der Waals surface area contributed by atoms with E-state index in [-0.39, 0.29) is 0 Å². The molecule has 0 N–H and O–H groups in total. The number of benzene rings is 8. The smallest absolute Gasteiger partial charge is 0.147 e. The van der Waals surface area contributed by atoms with Gasteiger partial charge in [0.2, 0.25) is 0 Å². The molecule has 0 bridgehead atoms. The SMILES string of the molecule is c1ccc(-c2cccc(-c3c4ccccc4c(-c4cccc5c4oc4ccc6c7ccccc7oc6c45)c4ccccc34)c2)cc1. The van der Waals surface area contributed by atoms with Gasteiger partial charge in [0.1, 0.15) is 22.3 Å². The molecule has 0 aliphatic carbocycles. The summed E-state index contributed by atoms with van der Waals surface area (Å²) in [6.07, 6.45) is 0. The Labute approximate surface area is 264 Å². The third-order valence-electron chi connectivity index (χ3n) is 9.46. The third kappa shape index (κ3) is 3.59. The topological polar surface area (TPSA) is 26.3 Å². The van der Waals surface area contributed by atoms with E-state index < -0.39 is 0 Å². The van der Waals surface area contributed by atoms with Crippen LogP contribution < -0.4 is 0 Å². The van der Waals surface area contributed by atoms with E-state index in [9.17, 15) is 0 Å². The molecule has 0 radical (unpaired) electrons. The summed E-state index contributed by atoms with van der Waals surface area (Å²) < 4.78 is 13.2. The van der Waals surface area contributed by atoms with Crippen molar-refractivity contribution in [3.05, 3.63) is 158 Å². The van der Waals surface area contributed by atoms with Crippen molar-refractivity contribution in [2.24, 2.45) is 0 Å². The summed E-state index contributed by atoms with van der Waals surface area (Å²) in [5.74, 6) is 0. The molecular formula is C44H26O2. The number of hydrogen-bond acceptors (Lipinski definition) is 2. The van der Waals surface area contributed by atoms with Crippen LogP contribution in [0.4, 0.5) is 0 Å². The first-order chi connectivity index (χ1) is 22.8. The molecule has 2 heterocycles. The molecule has 2 nitrogen and oxygen atoms in total. The molecule has 46 heavy (non-hydrogen) atoms. The van der Waals surface area contributed by atoms with Crippen molar-refractivity contribution in [1.82, 2.24) is 0 Å². The lowest BCUT2D eigenvalue weighted by atomic mass is 9.85. The van der Waals surface area contributed by atoms with Crippen molar-refractivity contribution in [2.75, 3.05) is 0 Å². The van der Waals surface area contributed by atoms with E-state index in [1.807, 2.05) is 12.1 Å². The average Bonchev–Trinajstić information content (AvgIpc) is 3.70. The first kappa shape index (κ1) is 25.2. The highest BCUT2D eigenvalue weighted by atomic mass is 16.3. The van der Waals surface area contributed by atoms with E-state index in [1.54, 1.807) is 0 Å². The number of para-hydroxylation sites is 2. The van der Waals surface area contributed by atoms with Crippen LogP contribution in [0.25, 0.3) is 98.8 Å². The molecule has 0 atom stereocenters. The number of furan rings is 2. The second kappa shape index (κ2) is 9.69. The maximum absolute atomic E-state index is 6.76. The predicted octanol–water partition coefficient (Wildman–Crippen LogP) is 12.8. The molecular weight excluding hydrogens is 560 g/mol. The van der Waals surface area contributed by atoms with Gasteiger partial charge < -0.3 is 8.83 Å². The maximum Gasteiger partial charge on any atom is 0.147 e. The molecule has 0 spiro atoms. The van der Waals surface area contributed by atoms with Crippen LogP contribution in [0, 0.1) is 0 Å². The van der Waals surface area contributed by atoms with E-state index in [1.165, 1.54) is 49.4 Å². The van der Waals surface area contributed by atoms with E-state index in [0.29, 0.717) is 0 Å². The molecule has 10 aromatic rings. The highest BCUT2D eigenvalue weighted by Gasteiger charge is 2.22. The normalized spacial score (nSPS) is 11.9. The van der Waals surface area contributed by atoms with Crippen molar-refractivity contribution in [3.8, 4) is 33.4 Å². The fourth-order valence-corrected chi connectivity index (χ4v) is 7.48. The van der Waals surface area contributed by atoms with Gasteiger partial charge in [0.25, 0.3) is 0 Å². The third-order valence-corrected chi connectivity index (χ3v) is 9.46. The standard InChI is InChI=1S/C44H26O2/c1-2-12-27(13-3-1)28-14-10-15-29(26-28)40-31-17-4-6-19-33(31)41(34-20-7-5-18-32(34)40)36-21-11-22-37-42-39(46-43(36)37)25-24-35-30-16-8-9-23-38(30)45-44(35)42/h1-26H. The van der Waals surface area contributed by atoms with E-state index in [4.69, 9.17) is 8.83 Å². The van der Waals surface area contributed by atoms with Crippen LogP contribution in [-0.2, 0) is 0 Å². The van der Waals surface area contributed by atoms with E-state index in [2.05, 4.69) is 146 Å². The van der Waals surface area contributed by atoms with Crippen molar-refractivity contribution < 1.29 is 8.83 Å². The maximum atomic E-state index is 6.76.